The van der Waals surface area contributed by atoms with Crippen LogP contribution in [0.5, 0.6) is 5.75 Å². The van der Waals surface area contributed by atoms with Crippen LogP contribution in [0, 0.1) is 6.92 Å². The average Bonchev–Trinajstić information content (AvgIpc) is 2.60. The number of likely N-dealkylation sites (N-methyl/N-ethyl adjacent to an activating group) is 1. The molecule has 0 aliphatic heterocycles. The summed E-state index contributed by atoms with van der Waals surface area (Å²) in [6.07, 6.45) is 2.64. The van der Waals surface area contributed by atoms with Gasteiger partial charge in [-0.05, 0) is 81.7 Å². The number of sulfonamides is 1. The van der Waals surface area contributed by atoms with E-state index in [1.807, 2.05) is 6.07 Å². The average molecular weight is 453 g/mol. The minimum atomic E-state index is -3.67. The van der Waals surface area contributed by atoms with E-state index in [4.69, 9.17) is 4.74 Å². The number of halogens is 1. The highest BCUT2D eigenvalue weighted by atomic mass is 79.9. The van der Waals surface area contributed by atoms with Crippen molar-refractivity contribution in [3.05, 3.63) is 51.5 Å². The van der Waals surface area contributed by atoms with E-state index in [0.29, 0.717) is 17.3 Å². The second-order valence-electron chi connectivity index (χ2n) is 7.15. The maximum atomic E-state index is 13.0. The van der Waals surface area contributed by atoms with Crippen molar-refractivity contribution < 1.29 is 13.2 Å². The standard InChI is InChI=1S/C20H25BrN2O3S/c1-13-11-14(21)5-10-20(13)27(24,25)22-18-8-9-19(26-4)17-12-15(23(2)3)6-7-16(17)18/h5,8-11,15,22H,6-7,12H2,1-4H3/t15-/m0/s1. The van der Waals surface area contributed by atoms with Crippen LogP contribution in [0.3, 0.4) is 0 Å². The Morgan fingerprint density at radius 2 is 1.93 bits per heavy atom. The first kappa shape index (κ1) is 20.2. The molecule has 0 aromatic heterocycles. The van der Waals surface area contributed by atoms with Gasteiger partial charge in [0.1, 0.15) is 5.75 Å². The van der Waals surface area contributed by atoms with Gasteiger partial charge in [0.05, 0.1) is 17.7 Å². The van der Waals surface area contributed by atoms with Crippen LogP contribution in [0.4, 0.5) is 5.69 Å². The Labute approximate surface area is 169 Å². The molecular formula is C20H25BrN2O3S. The van der Waals surface area contributed by atoms with E-state index in [0.717, 1.165) is 40.6 Å². The number of benzene rings is 2. The Hall–Kier alpha value is -1.57. The zero-order chi connectivity index (χ0) is 19.8. The molecule has 0 saturated heterocycles. The van der Waals surface area contributed by atoms with Gasteiger partial charge in [-0.2, -0.15) is 0 Å². The van der Waals surface area contributed by atoms with Crippen LogP contribution >= 0.6 is 15.9 Å². The number of nitrogens with zero attached hydrogens (tertiary/aromatic N) is 1. The molecule has 2 aromatic carbocycles. The van der Waals surface area contributed by atoms with Crippen LogP contribution in [0.1, 0.15) is 23.1 Å². The number of nitrogens with one attached hydrogen (secondary N) is 1. The van der Waals surface area contributed by atoms with Crippen LogP contribution in [0.15, 0.2) is 39.7 Å². The van der Waals surface area contributed by atoms with Crippen molar-refractivity contribution in [2.75, 3.05) is 25.9 Å². The zero-order valence-electron chi connectivity index (χ0n) is 16.0. The predicted octanol–water partition coefficient (Wildman–Crippen LogP) is 3.99. The van der Waals surface area contributed by atoms with Crippen LogP contribution in [-0.2, 0) is 22.9 Å². The molecule has 146 valence electrons. The van der Waals surface area contributed by atoms with Gasteiger partial charge >= 0.3 is 0 Å². The van der Waals surface area contributed by atoms with Gasteiger partial charge in [-0.3, -0.25) is 4.72 Å². The highest BCUT2D eigenvalue weighted by Gasteiger charge is 2.27. The lowest BCUT2D eigenvalue weighted by Gasteiger charge is -2.32. The highest BCUT2D eigenvalue weighted by Crippen LogP contribution is 2.37. The van der Waals surface area contributed by atoms with Crippen molar-refractivity contribution in [1.82, 2.24) is 4.90 Å². The molecule has 0 unspecified atom stereocenters. The van der Waals surface area contributed by atoms with Crippen molar-refractivity contribution in [1.29, 1.82) is 0 Å². The van der Waals surface area contributed by atoms with Crippen LogP contribution in [0.2, 0.25) is 0 Å². The zero-order valence-corrected chi connectivity index (χ0v) is 18.4. The van der Waals surface area contributed by atoms with Gasteiger partial charge in [0.2, 0.25) is 0 Å². The van der Waals surface area contributed by atoms with E-state index >= 15 is 0 Å². The maximum absolute atomic E-state index is 13.0. The van der Waals surface area contributed by atoms with E-state index in [-0.39, 0.29) is 4.90 Å². The first-order chi connectivity index (χ1) is 12.7. The van der Waals surface area contributed by atoms with E-state index in [2.05, 4.69) is 39.6 Å². The third-order valence-electron chi connectivity index (χ3n) is 5.18. The molecule has 1 N–H and O–H groups in total. The number of hydrogen-bond acceptors (Lipinski definition) is 4. The van der Waals surface area contributed by atoms with Crippen molar-refractivity contribution >= 4 is 31.6 Å². The molecule has 1 aliphatic rings. The predicted molar refractivity (Wildman–Crippen MR) is 112 cm³/mol. The van der Waals surface area contributed by atoms with Gasteiger partial charge in [0.15, 0.2) is 0 Å². The number of hydrogen-bond donors (Lipinski definition) is 1. The number of methoxy groups -OCH3 is 1. The summed E-state index contributed by atoms with van der Waals surface area (Å²) in [5.74, 6) is 0.819. The first-order valence-corrected chi connectivity index (χ1v) is 11.1. The van der Waals surface area contributed by atoms with E-state index in [9.17, 15) is 8.42 Å². The van der Waals surface area contributed by atoms with Gasteiger partial charge < -0.3 is 9.64 Å². The fourth-order valence-electron chi connectivity index (χ4n) is 3.67. The molecule has 0 spiro atoms. The third kappa shape index (κ3) is 4.15. The summed E-state index contributed by atoms with van der Waals surface area (Å²) in [4.78, 5) is 2.50. The van der Waals surface area contributed by atoms with Gasteiger partial charge in [0.25, 0.3) is 10.0 Å². The fraction of sp³-hybridized carbons (Fsp3) is 0.400. The van der Waals surface area contributed by atoms with E-state index in [1.54, 1.807) is 38.3 Å². The maximum Gasteiger partial charge on any atom is 0.262 e. The van der Waals surface area contributed by atoms with Gasteiger partial charge in [-0.1, -0.05) is 15.9 Å². The van der Waals surface area contributed by atoms with Crippen LogP contribution in [-0.4, -0.2) is 40.6 Å². The minimum absolute atomic E-state index is 0.289. The SMILES string of the molecule is COc1ccc(NS(=O)(=O)c2ccc(Br)cc2C)c2c1C[C@@H](N(C)C)CC2. The fourth-order valence-corrected chi connectivity index (χ4v) is 5.47. The number of anilines is 1. The van der Waals surface area contributed by atoms with E-state index < -0.39 is 10.0 Å². The van der Waals surface area contributed by atoms with Crippen molar-refractivity contribution in [3.63, 3.8) is 0 Å². The summed E-state index contributed by atoms with van der Waals surface area (Å²) < 4.78 is 35.2. The highest BCUT2D eigenvalue weighted by molar-refractivity contribution is 9.10. The molecule has 2 aromatic rings. The molecule has 1 atom stereocenters. The molecule has 0 fully saturated rings. The first-order valence-electron chi connectivity index (χ1n) is 8.87. The molecular weight excluding hydrogens is 428 g/mol. The largest absolute Gasteiger partial charge is 0.496 e. The Morgan fingerprint density at radius 1 is 1.19 bits per heavy atom. The molecule has 0 amide bonds. The Morgan fingerprint density at radius 3 is 2.56 bits per heavy atom. The molecule has 0 saturated carbocycles. The van der Waals surface area contributed by atoms with Gasteiger partial charge in [-0.15, -0.1) is 0 Å². The summed E-state index contributed by atoms with van der Waals surface area (Å²) in [5, 5.41) is 0. The second kappa shape index (κ2) is 7.81. The smallest absolute Gasteiger partial charge is 0.262 e. The van der Waals surface area contributed by atoms with Crippen molar-refractivity contribution in [3.8, 4) is 5.75 Å². The molecule has 3 rings (SSSR count). The van der Waals surface area contributed by atoms with Crippen LogP contribution < -0.4 is 9.46 Å². The lowest BCUT2D eigenvalue weighted by atomic mass is 9.86. The lowest BCUT2D eigenvalue weighted by molar-refractivity contribution is 0.265. The number of ether oxygens (including phenoxy) is 1. The molecule has 27 heavy (non-hydrogen) atoms. The van der Waals surface area contributed by atoms with E-state index in [1.165, 1.54) is 0 Å². The summed E-state index contributed by atoms with van der Waals surface area (Å²) in [7, 11) is 2.14. The summed E-state index contributed by atoms with van der Waals surface area (Å²) in [5.41, 5.74) is 3.47. The van der Waals surface area contributed by atoms with Crippen molar-refractivity contribution in [2.24, 2.45) is 0 Å². The quantitative estimate of drug-likeness (QED) is 0.744. The Balaban J connectivity index is 2.00. The Bertz CT molecular complexity index is 958. The topological polar surface area (TPSA) is 58.6 Å². The number of fused-ring (bicyclic) bond motifs is 1. The monoisotopic (exact) mass is 452 g/mol. The molecule has 0 bridgehead atoms. The molecule has 1 aliphatic carbocycles. The molecule has 0 radical (unpaired) electrons. The summed E-state index contributed by atoms with van der Waals surface area (Å²) >= 11 is 3.38. The van der Waals surface area contributed by atoms with Crippen LogP contribution in [0.25, 0.3) is 0 Å². The molecule has 5 nitrogen and oxygen atoms in total. The molecule has 0 heterocycles. The second-order valence-corrected chi connectivity index (χ2v) is 9.71. The molecule has 7 heteroatoms. The minimum Gasteiger partial charge on any atom is -0.496 e. The summed E-state index contributed by atoms with van der Waals surface area (Å²) in [6, 6.07) is 9.25. The van der Waals surface area contributed by atoms with Gasteiger partial charge in [-0.25, -0.2) is 8.42 Å². The Kier molecular flexibility index (Phi) is 5.84. The van der Waals surface area contributed by atoms with Crippen molar-refractivity contribution in [2.45, 2.75) is 37.1 Å². The summed E-state index contributed by atoms with van der Waals surface area (Å²) in [6.45, 7) is 1.80. The third-order valence-corrected chi connectivity index (χ3v) is 7.20. The van der Waals surface area contributed by atoms with Gasteiger partial charge in [0, 0.05) is 16.1 Å². The number of rotatable bonds is 5. The number of aryl methyl sites for hydroxylation is 1. The normalized spacial score (nSPS) is 16.9. The lowest BCUT2D eigenvalue weighted by Crippen LogP contribution is -2.34.